The molecule has 6 heteroatoms. The van der Waals surface area contributed by atoms with E-state index in [1.807, 2.05) is 0 Å². The molecule has 0 atom stereocenters. The Bertz CT molecular complexity index is 505. The summed E-state index contributed by atoms with van der Waals surface area (Å²) in [6.45, 7) is -0.0669. The molecule has 0 saturated heterocycles. The van der Waals surface area contributed by atoms with Crippen LogP contribution in [0, 0.1) is 12.3 Å². The van der Waals surface area contributed by atoms with Gasteiger partial charge in [-0.3, -0.25) is 0 Å². The summed E-state index contributed by atoms with van der Waals surface area (Å²) in [6, 6.07) is 4.03. The highest BCUT2D eigenvalue weighted by atomic mass is 35.5. The van der Waals surface area contributed by atoms with Gasteiger partial charge in [0, 0.05) is 0 Å². The van der Waals surface area contributed by atoms with Gasteiger partial charge in [-0.25, -0.2) is 8.42 Å². The maximum atomic E-state index is 11.5. The molecule has 0 saturated carbocycles. The lowest BCUT2D eigenvalue weighted by molar-refractivity contribution is 0.586. The van der Waals surface area contributed by atoms with E-state index >= 15 is 0 Å². The van der Waals surface area contributed by atoms with Crippen LogP contribution in [0.5, 0.6) is 0 Å². The van der Waals surface area contributed by atoms with Gasteiger partial charge in [0.1, 0.15) is 0 Å². The minimum Gasteiger partial charge on any atom is -0.207 e. The van der Waals surface area contributed by atoms with Crippen LogP contribution in [0.15, 0.2) is 23.1 Å². The molecule has 0 aliphatic heterocycles. The molecule has 0 heterocycles. The Kier molecular flexibility index (Phi) is 4.00. The molecule has 0 aromatic heterocycles. The van der Waals surface area contributed by atoms with E-state index in [0.717, 1.165) is 0 Å². The number of benzene rings is 1. The summed E-state index contributed by atoms with van der Waals surface area (Å²) in [4.78, 5) is 0.0344. The summed E-state index contributed by atoms with van der Waals surface area (Å²) in [7, 11) is -3.60. The third-order valence-electron chi connectivity index (χ3n) is 1.57. The van der Waals surface area contributed by atoms with E-state index in [1.54, 1.807) is 0 Å². The second kappa shape index (κ2) is 4.86. The molecular weight excluding hydrogens is 257 g/mol. The first-order valence-electron chi connectivity index (χ1n) is 3.85. The number of hydrogen-bond acceptors (Lipinski definition) is 2. The molecule has 0 unspecified atom stereocenters. The number of terminal acetylenes is 1. The van der Waals surface area contributed by atoms with Crippen molar-refractivity contribution in [1.29, 1.82) is 0 Å². The van der Waals surface area contributed by atoms with Gasteiger partial charge in [0.15, 0.2) is 0 Å². The Balaban J connectivity index is 3.07. The highest BCUT2D eigenvalue weighted by molar-refractivity contribution is 7.89. The van der Waals surface area contributed by atoms with Crippen LogP contribution in [0.1, 0.15) is 0 Å². The third-order valence-corrected chi connectivity index (χ3v) is 3.70. The lowest BCUT2D eigenvalue weighted by atomic mass is 10.4. The first kappa shape index (κ1) is 12.3. The number of halogens is 2. The number of rotatable bonds is 3. The van der Waals surface area contributed by atoms with Crippen LogP contribution in [0.2, 0.25) is 10.0 Å². The van der Waals surface area contributed by atoms with Crippen LogP contribution in [0.3, 0.4) is 0 Å². The van der Waals surface area contributed by atoms with Crippen LogP contribution >= 0.6 is 23.2 Å². The Morgan fingerprint density at radius 3 is 2.53 bits per heavy atom. The van der Waals surface area contributed by atoms with E-state index in [1.165, 1.54) is 18.2 Å². The Morgan fingerprint density at radius 1 is 1.33 bits per heavy atom. The molecule has 1 aromatic carbocycles. The third kappa shape index (κ3) is 3.11. The summed E-state index contributed by atoms with van der Waals surface area (Å²) < 4.78 is 25.3. The molecule has 3 nitrogen and oxygen atoms in total. The second-order valence-electron chi connectivity index (χ2n) is 2.60. The summed E-state index contributed by atoms with van der Waals surface area (Å²) >= 11 is 11.3. The Labute approximate surface area is 98.4 Å². The summed E-state index contributed by atoms with van der Waals surface area (Å²) in [5, 5.41) is 0.479. The van der Waals surface area contributed by atoms with Crippen LogP contribution in [-0.2, 0) is 10.0 Å². The zero-order valence-electron chi connectivity index (χ0n) is 7.50. The highest BCUT2D eigenvalue weighted by Gasteiger charge is 2.13. The molecule has 0 spiro atoms. The zero-order chi connectivity index (χ0) is 11.5. The SMILES string of the molecule is C#CCNS(=O)(=O)c1ccc(Cl)c(Cl)c1. The Hall–Kier alpha value is -0.730. The van der Waals surface area contributed by atoms with E-state index in [4.69, 9.17) is 29.6 Å². The van der Waals surface area contributed by atoms with E-state index < -0.39 is 10.0 Å². The van der Waals surface area contributed by atoms with Gasteiger partial charge in [-0.15, -0.1) is 6.42 Å². The second-order valence-corrected chi connectivity index (χ2v) is 5.19. The first-order chi connectivity index (χ1) is 6.97. The topological polar surface area (TPSA) is 46.2 Å². The molecule has 1 N–H and O–H groups in total. The average Bonchev–Trinajstić information content (AvgIpc) is 2.19. The largest absolute Gasteiger partial charge is 0.241 e. The van der Waals surface area contributed by atoms with Crippen LogP contribution in [0.4, 0.5) is 0 Å². The van der Waals surface area contributed by atoms with E-state index in [2.05, 4.69) is 10.6 Å². The van der Waals surface area contributed by atoms with Crippen molar-refractivity contribution >= 4 is 33.2 Å². The minimum absolute atomic E-state index is 0.0344. The normalized spacial score (nSPS) is 11.0. The predicted molar refractivity (Wildman–Crippen MR) is 60.5 cm³/mol. The van der Waals surface area contributed by atoms with Crippen LogP contribution in [-0.4, -0.2) is 15.0 Å². The van der Waals surface area contributed by atoms with E-state index in [0.29, 0.717) is 5.02 Å². The van der Waals surface area contributed by atoms with Gasteiger partial charge in [0.05, 0.1) is 21.5 Å². The van der Waals surface area contributed by atoms with Gasteiger partial charge >= 0.3 is 0 Å². The molecule has 0 amide bonds. The van der Waals surface area contributed by atoms with Crippen molar-refractivity contribution < 1.29 is 8.42 Å². The predicted octanol–water partition coefficient (Wildman–Crippen LogP) is 1.90. The fraction of sp³-hybridized carbons (Fsp3) is 0.111. The summed E-state index contributed by atoms with van der Waals surface area (Å²) in [5.74, 6) is 2.17. The van der Waals surface area contributed by atoms with Gasteiger partial charge in [-0.05, 0) is 18.2 Å². The lowest BCUT2D eigenvalue weighted by Crippen LogP contribution is -2.23. The molecule has 80 valence electrons. The van der Waals surface area contributed by atoms with Gasteiger partial charge in [0.25, 0.3) is 0 Å². The van der Waals surface area contributed by atoms with Crippen molar-refractivity contribution in [3.63, 3.8) is 0 Å². The summed E-state index contributed by atoms with van der Waals surface area (Å²) in [6.07, 6.45) is 4.94. The van der Waals surface area contributed by atoms with Crippen molar-refractivity contribution in [2.45, 2.75) is 4.90 Å². The molecule has 0 fully saturated rings. The lowest BCUT2D eigenvalue weighted by Gasteiger charge is -2.04. The molecule has 0 aliphatic rings. The average molecular weight is 264 g/mol. The Morgan fingerprint density at radius 2 is 2.00 bits per heavy atom. The monoisotopic (exact) mass is 263 g/mol. The van der Waals surface area contributed by atoms with Crippen molar-refractivity contribution in [1.82, 2.24) is 4.72 Å². The van der Waals surface area contributed by atoms with Crippen LogP contribution < -0.4 is 4.72 Å². The standard InChI is InChI=1S/C9H7Cl2NO2S/c1-2-5-12-15(13,14)7-3-4-8(10)9(11)6-7/h1,3-4,6,12H,5H2. The molecule has 0 radical (unpaired) electrons. The highest BCUT2D eigenvalue weighted by Crippen LogP contribution is 2.24. The fourth-order valence-corrected chi connectivity index (χ4v) is 2.19. The maximum absolute atomic E-state index is 11.5. The minimum atomic E-state index is -3.60. The van der Waals surface area contributed by atoms with Crippen molar-refractivity contribution in [2.75, 3.05) is 6.54 Å². The molecule has 1 aromatic rings. The van der Waals surface area contributed by atoms with Gasteiger partial charge < -0.3 is 0 Å². The van der Waals surface area contributed by atoms with Crippen molar-refractivity contribution in [3.05, 3.63) is 28.2 Å². The van der Waals surface area contributed by atoms with E-state index in [9.17, 15) is 8.42 Å². The quantitative estimate of drug-likeness (QED) is 0.847. The fourth-order valence-electron chi connectivity index (χ4n) is 0.864. The van der Waals surface area contributed by atoms with Crippen molar-refractivity contribution in [2.24, 2.45) is 0 Å². The number of hydrogen-bond donors (Lipinski definition) is 1. The molecule has 0 aliphatic carbocycles. The molecule has 0 bridgehead atoms. The molecular formula is C9H7Cl2NO2S. The van der Waals surface area contributed by atoms with Gasteiger partial charge in [0.2, 0.25) is 10.0 Å². The van der Waals surface area contributed by atoms with Gasteiger partial charge in [-0.1, -0.05) is 29.1 Å². The molecule has 1 rings (SSSR count). The smallest absolute Gasteiger partial charge is 0.207 e. The number of sulfonamides is 1. The molecule has 15 heavy (non-hydrogen) atoms. The van der Waals surface area contributed by atoms with Gasteiger partial charge in [-0.2, -0.15) is 4.72 Å². The van der Waals surface area contributed by atoms with Crippen LogP contribution in [0.25, 0.3) is 0 Å². The number of nitrogens with one attached hydrogen (secondary N) is 1. The maximum Gasteiger partial charge on any atom is 0.241 e. The van der Waals surface area contributed by atoms with E-state index in [-0.39, 0.29) is 16.5 Å². The van der Waals surface area contributed by atoms with Crippen molar-refractivity contribution in [3.8, 4) is 12.3 Å². The first-order valence-corrected chi connectivity index (χ1v) is 6.09. The summed E-state index contributed by atoms with van der Waals surface area (Å²) in [5.41, 5.74) is 0. The zero-order valence-corrected chi connectivity index (χ0v) is 9.83.